The highest BCUT2D eigenvalue weighted by atomic mass is 16.7. The molecule has 0 saturated carbocycles. The highest BCUT2D eigenvalue weighted by molar-refractivity contribution is 5.95. The third-order valence-corrected chi connectivity index (χ3v) is 5.82. The standard InChI is InChI=1S/C23H21N3O4/c1-3-20(27)26-17(23(28)24-2)11-15-14-6-4-5-7-16(14)25-21(15)22(26)13-8-9-18-19(10-13)30-12-29-18/h3-10,17,22,25H,1,11-12H2,2H3,(H,24,28)/t17-,22+/m1/s1. The smallest absolute Gasteiger partial charge is 0.247 e. The Kier molecular flexibility index (Phi) is 4.24. The fourth-order valence-corrected chi connectivity index (χ4v) is 4.47. The lowest BCUT2D eigenvalue weighted by Gasteiger charge is -2.41. The first-order chi connectivity index (χ1) is 14.6. The molecule has 0 unspecified atom stereocenters. The molecule has 0 radical (unpaired) electrons. The number of hydrogen-bond acceptors (Lipinski definition) is 4. The van der Waals surface area contributed by atoms with E-state index in [1.54, 1.807) is 11.9 Å². The second kappa shape index (κ2) is 6.95. The van der Waals surface area contributed by atoms with Gasteiger partial charge in [0.05, 0.1) is 6.04 Å². The average Bonchev–Trinajstić information content (AvgIpc) is 3.40. The van der Waals surface area contributed by atoms with Gasteiger partial charge in [-0.3, -0.25) is 9.59 Å². The molecule has 30 heavy (non-hydrogen) atoms. The molecule has 2 N–H and O–H groups in total. The summed E-state index contributed by atoms with van der Waals surface area (Å²) in [7, 11) is 1.58. The molecule has 3 aromatic rings. The van der Waals surface area contributed by atoms with Crippen LogP contribution in [0.4, 0.5) is 0 Å². The number of benzene rings is 2. The zero-order valence-electron chi connectivity index (χ0n) is 16.5. The fraction of sp³-hybridized carbons (Fsp3) is 0.217. The third-order valence-electron chi connectivity index (χ3n) is 5.82. The van der Waals surface area contributed by atoms with Crippen LogP contribution in [0.3, 0.4) is 0 Å². The van der Waals surface area contributed by atoms with Crippen LogP contribution < -0.4 is 14.8 Å². The number of hydrogen-bond donors (Lipinski definition) is 2. The SMILES string of the molecule is C=CC(=O)N1[C@@H](c2ccc3c(c2)OCO3)c2[nH]c3ccccc3c2C[C@@H]1C(=O)NC. The summed E-state index contributed by atoms with van der Waals surface area (Å²) < 4.78 is 11.0. The highest BCUT2D eigenvalue weighted by Gasteiger charge is 2.42. The van der Waals surface area contributed by atoms with Gasteiger partial charge in [0.15, 0.2) is 11.5 Å². The Hall–Kier alpha value is -3.74. The van der Waals surface area contributed by atoms with Crippen molar-refractivity contribution >= 4 is 22.7 Å². The predicted octanol–water partition coefficient (Wildman–Crippen LogP) is 2.67. The summed E-state index contributed by atoms with van der Waals surface area (Å²) in [6.45, 7) is 3.83. The number of carbonyl (C=O) groups excluding carboxylic acids is 2. The van der Waals surface area contributed by atoms with Crippen molar-refractivity contribution in [1.82, 2.24) is 15.2 Å². The van der Waals surface area contributed by atoms with Gasteiger partial charge in [-0.25, -0.2) is 0 Å². The van der Waals surface area contributed by atoms with E-state index in [1.807, 2.05) is 42.5 Å². The molecule has 0 spiro atoms. The van der Waals surface area contributed by atoms with Crippen LogP contribution in [0.1, 0.15) is 22.9 Å². The first kappa shape index (κ1) is 18.3. The Labute approximate surface area is 173 Å². The van der Waals surface area contributed by atoms with Gasteiger partial charge in [0, 0.05) is 30.1 Å². The summed E-state index contributed by atoms with van der Waals surface area (Å²) in [4.78, 5) is 30.9. The van der Waals surface area contributed by atoms with Crippen LogP contribution in [-0.2, 0) is 16.0 Å². The number of nitrogens with one attached hydrogen (secondary N) is 2. The summed E-state index contributed by atoms with van der Waals surface area (Å²) in [5.41, 5.74) is 3.73. The molecule has 0 saturated heterocycles. The lowest BCUT2D eigenvalue weighted by molar-refractivity contribution is -0.139. The van der Waals surface area contributed by atoms with E-state index in [0.29, 0.717) is 17.9 Å². The lowest BCUT2D eigenvalue weighted by atomic mass is 9.87. The summed E-state index contributed by atoms with van der Waals surface area (Å²) in [6, 6.07) is 12.4. The van der Waals surface area contributed by atoms with Gasteiger partial charge in [-0.1, -0.05) is 30.8 Å². The molecule has 1 aromatic heterocycles. The molecule has 7 heteroatoms. The Morgan fingerprint density at radius 3 is 2.80 bits per heavy atom. The van der Waals surface area contributed by atoms with Gasteiger partial charge in [-0.05, 0) is 35.4 Å². The molecule has 2 aromatic carbocycles. The minimum Gasteiger partial charge on any atom is -0.454 e. The fourth-order valence-electron chi connectivity index (χ4n) is 4.47. The van der Waals surface area contributed by atoms with Gasteiger partial charge in [0.2, 0.25) is 18.6 Å². The van der Waals surface area contributed by atoms with Crippen LogP contribution >= 0.6 is 0 Å². The Morgan fingerprint density at radius 1 is 1.20 bits per heavy atom. The molecule has 2 amide bonds. The second-order valence-electron chi connectivity index (χ2n) is 7.36. The third kappa shape index (κ3) is 2.66. The van der Waals surface area contributed by atoms with E-state index < -0.39 is 12.1 Å². The van der Waals surface area contributed by atoms with E-state index in [0.717, 1.165) is 27.7 Å². The molecule has 7 nitrogen and oxygen atoms in total. The summed E-state index contributed by atoms with van der Waals surface area (Å²) in [5.74, 6) is 0.761. The largest absolute Gasteiger partial charge is 0.454 e. The van der Waals surface area contributed by atoms with Crippen molar-refractivity contribution < 1.29 is 19.1 Å². The van der Waals surface area contributed by atoms with Crippen molar-refractivity contribution in [2.24, 2.45) is 0 Å². The molecular weight excluding hydrogens is 382 g/mol. The number of para-hydroxylation sites is 1. The van der Waals surface area contributed by atoms with E-state index in [2.05, 4.69) is 16.9 Å². The van der Waals surface area contributed by atoms with Crippen molar-refractivity contribution in [1.29, 1.82) is 0 Å². The quantitative estimate of drug-likeness (QED) is 0.659. The number of nitrogens with zero attached hydrogens (tertiary/aromatic N) is 1. The molecule has 2 aliphatic heterocycles. The maximum Gasteiger partial charge on any atom is 0.247 e. The molecule has 5 rings (SSSR count). The number of H-pyrrole nitrogens is 1. The molecule has 3 heterocycles. The van der Waals surface area contributed by atoms with Crippen molar-refractivity contribution in [3.8, 4) is 11.5 Å². The van der Waals surface area contributed by atoms with Crippen molar-refractivity contribution in [3.05, 3.63) is 71.9 Å². The molecule has 152 valence electrons. The topological polar surface area (TPSA) is 83.7 Å². The second-order valence-corrected chi connectivity index (χ2v) is 7.36. The van der Waals surface area contributed by atoms with Crippen LogP contribution in [0.25, 0.3) is 10.9 Å². The van der Waals surface area contributed by atoms with Gasteiger partial charge < -0.3 is 24.7 Å². The summed E-state index contributed by atoms with van der Waals surface area (Å²) in [6.07, 6.45) is 1.67. The average molecular weight is 403 g/mol. The maximum absolute atomic E-state index is 13.0. The number of fused-ring (bicyclic) bond motifs is 4. The van der Waals surface area contributed by atoms with Crippen molar-refractivity contribution in [3.63, 3.8) is 0 Å². The van der Waals surface area contributed by atoms with Crippen LogP contribution in [0.5, 0.6) is 11.5 Å². The minimum absolute atomic E-state index is 0.164. The molecule has 0 aliphatic carbocycles. The van der Waals surface area contributed by atoms with Crippen LogP contribution in [0.2, 0.25) is 0 Å². The normalized spacial score (nSPS) is 19.4. The molecule has 0 fully saturated rings. The molecule has 2 aliphatic rings. The van der Waals surface area contributed by atoms with Crippen LogP contribution in [0, 0.1) is 0 Å². The number of carbonyl (C=O) groups is 2. The Bertz CT molecular complexity index is 1180. The van der Waals surface area contributed by atoms with E-state index >= 15 is 0 Å². The van der Waals surface area contributed by atoms with Gasteiger partial charge >= 0.3 is 0 Å². The summed E-state index contributed by atoms with van der Waals surface area (Å²) in [5, 5.41) is 3.76. The molecule has 0 bridgehead atoms. The van der Waals surface area contributed by atoms with Crippen molar-refractivity contribution in [2.75, 3.05) is 13.8 Å². The van der Waals surface area contributed by atoms with Gasteiger partial charge in [0.25, 0.3) is 0 Å². The molecule has 2 atom stereocenters. The maximum atomic E-state index is 13.0. The minimum atomic E-state index is -0.664. The van der Waals surface area contributed by atoms with Gasteiger partial charge in [0.1, 0.15) is 6.04 Å². The van der Waals surface area contributed by atoms with E-state index in [9.17, 15) is 9.59 Å². The zero-order valence-corrected chi connectivity index (χ0v) is 16.5. The summed E-state index contributed by atoms with van der Waals surface area (Å²) >= 11 is 0. The number of ether oxygens (including phenoxy) is 2. The Morgan fingerprint density at radius 2 is 2.00 bits per heavy atom. The van der Waals surface area contributed by atoms with Crippen LogP contribution in [0.15, 0.2) is 55.1 Å². The first-order valence-corrected chi connectivity index (χ1v) is 9.77. The highest BCUT2D eigenvalue weighted by Crippen LogP contribution is 2.43. The monoisotopic (exact) mass is 403 g/mol. The number of rotatable bonds is 3. The molecular formula is C23H21N3O4. The zero-order chi connectivity index (χ0) is 20.8. The first-order valence-electron chi connectivity index (χ1n) is 9.77. The van der Waals surface area contributed by atoms with Gasteiger partial charge in [-0.2, -0.15) is 0 Å². The van der Waals surface area contributed by atoms with E-state index in [4.69, 9.17) is 9.47 Å². The Balaban J connectivity index is 1.76. The lowest BCUT2D eigenvalue weighted by Crippen LogP contribution is -2.53. The van der Waals surface area contributed by atoms with Crippen molar-refractivity contribution in [2.45, 2.75) is 18.5 Å². The number of likely N-dealkylation sites (N-methyl/N-ethyl adjacent to an activating group) is 1. The number of amides is 2. The number of aromatic nitrogens is 1. The predicted molar refractivity (Wildman–Crippen MR) is 111 cm³/mol. The van der Waals surface area contributed by atoms with E-state index in [-0.39, 0.29) is 18.6 Å². The number of aromatic amines is 1. The van der Waals surface area contributed by atoms with Crippen LogP contribution in [-0.4, -0.2) is 41.6 Å². The van der Waals surface area contributed by atoms with Gasteiger partial charge in [-0.15, -0.1) is 0 Å². The van der Waals surface area contributed by atoms with E-state index in [1.165, 1.54) is 6.08 Å².